The number of fused-ring (bicyclic) bond motifs is 1. The van der Waals surface area contributed by atoms with E-state index in [4.69, 9.17) is 14.9 Å². The first kappa shape index (κ1) is 26.4. The second-order valence-corrected chi connectivity index (χ2v) is 11.1. The van der Waals surface area contributed by atoms with Crippen molar-refractivity contribution in [3.8, 4) is 5.75 Å². The highest BCUT2D eigenvalue weighted by atomic mass is 79.9. The summed E-state index contributed by atoms with van der Waals surface area (Å²) in [6, 6.07) is 15.2. The van der Waals surface area contributed by atoms with Gasteiger partial charge in [0.05, 0.1) is 22.8 Å². The molecule has 1 aliphatic carbocycles. The Kier molecular flexibility index (Phi) is 7.56. The largest absolute Gasteiger partial charge is 0.496 e. The van der Waals surface area contributed by atoms with Crippen molar-refractivity contribution in [1.82, 2.24) is 0 Å². The number of ether oxygens (including phenoxy) is 1. The second kappa shape index (κ2) is 10.9. The number of hydrogen-bond donors (Lipinski definition) is 2. The summed E-state index contributed by atoms with van der Waals surface area (Å²) < 4.78 is 50.0. The number of rotatable bonds is 10. The first-order valence-electron chi connectivity index (χ1n) is 12.1. The Bertz CT molecular complexity index is 1530. The van der Waals surface area contributed by atoms with Gasteiger partial charge in [0.15, 0.2) is 0 Å². The molecule has 10 heteroatoms. The lowest BCUT2D eigenvalue weighted by molar-refractivity contribution is 0.1000. The topological polar surface area (TPSA) is 106 Å². The number of halogens is 2. The number of amides is 1. The minimum Gasteiger partial charge on any atom is -0.496 e. The quantitative estimate of drug-likeness (QED) is 0.214. The van der Waals surface area contributed by atoms with Gasteiger partial charge in [-0.3, -0.25) is 13.7 Å². The summed E-state index contributed by atoms with van der Waals surface area (Å²) in [5, 5.41) is 0.571. The van der Waals surface area contributed by atoms with Crippen LogP contribution in [0.1, 0.15) is 51.6 Å². The summed E-state index contributed by atoms with van der Waals surface area (Å²) in [7, 11) is 1.59. The van der Waals surface area contributed by atoms with Gasteiger partial charge in [0.25, 0.3) is 17.2 Å². The maximum atomic E-state index is 13.4. The molecule has 3 N–H and O–H groups in total. The highest BCUT2D eigenvalue weighted by molar-refractivity contribution is 9.10. The van der Waals surface area contributed by atoms with Gasteiger partial charge in [-0.25, -0.2) is 8.60 Å². The Hall–Kier alpha value is -3.21. The molecule has 1 aliphatic rings. The summed E-state index contributed by atoms with van der Waals surface area (Å²) in [4.78, 5) is 12.5. The molecule has 1 unspecified atom stereocenters. The van der Waals surface area contributed by atoms with E-state index >= 15 is 0 Å². The van der Waals surface area contributed by atoms with Gasteiger partial charge in [0.1, 0.15) is 22.9 Å². The SMILES string of the molecule is COc1cc(CCN(c2cc3oc(Cc4ccc(F)cc4)c(C(N)=O)c3cc2C2CC2)S(=O)O)ccc1Br. The van der Waals surface area contributed by atoms with Crippen molar-refractivity contribution in [1.29, 1.82) is 0 Å². The van der Waals surface area contributed by atoms with Crippen molar-refractivity contribution in [2.75, 3.05) is 18.0 Å². The van der Waals surface area contributed by atoms with E-state index in [-0.39, 0.29) is 30.3 Å². The zero-order valence-corrected chi connectivity index (χ0v) is 23.0. The van der Waals surface area contributed by atoms with Gasteiger partial charge in [-0.05, 0) is 88.1 Å². The average molecular weight is 601 g/mol. The van der Waals surface area contributed by atoms with Gasteiger partial charge in [-0.15, -0.1) is 0 Å². The van der Waals surface area contributed by atoms with Crippen LogP contribution in [0.15, 0.2) is 63.5 Å². The smallest absolute Gasteiger partial charge is 0.261 e. The van der Waals surface area contributed by atoms with E-state index in [2.05, 4.69) is 15.9 Å². The lowest BCUT2D eigenvalue weighted by Gasteiger charge is -2.23. The molecule has 3 aromatic carbocycles. The van der Waals surface area contributed by atoms with E-state index in [1.54, 1.807) is 25.3 Å². The summed E-state index contributed by atoms with van der Waals surface area (Å²) in [5.41, 5.74) is 9.62. The highest BCUT2D eigenvalue weighted by Gasteiger charge is 2.32. The Labute approximate surface area is 230 Å². The Morgan fingerprint density at radius 2 is 1.89 bits per heavy atom. The molecule has 1 atom stereocenters. The molecule has 7 nitrogen and oxygen atoms in total. The summed E-state index contributed by atoms with van der Waals surface area (Å²) in [6.45, 7) is 0.269. The van der Waals surface area contributed by atoms with Gasteiger partial charge >= 0.3 is 0 Å². The third-order valence-electron chi connectivity index (χ3n) is 6.73. The number of methoxy groups -OCH3 is 1. The number of hydrogen-bond acceptors (Lipinski definition) is 4. The zero-order chi connectivity index (χ0) is 27.0. The number of carbonyl (C=O) groups is 1. The molecular weight excluding hydrogens is 575 g/mol. The average Bonchev–Trinajstić information content (AvgIpc) is 3.67. The Balaban J connectivity index is 1.54. The Morgan fingerprint density at radius 3 is 2.53 bits per heavy atom. The molecule has 0 spiro atoms. The van der Waals surface area contributed by atoms with Crippen LogP contribution in [-0.2, 0) is 24.1 Å². The lowest BCUT2D eigenvalue weighted by atomic mass is 10.0. The molecule has 198 valence electrons. The molecular formula is C28H26BrFN2O5S. The second-order valence-electron chi connectivity index (χ2n) is 9.30. The van der Waals surface area contributed by atoms with Gasteiger partial charge in [0.2, 0.25) is 0 Å². The highest BCUT2D eigenvalue weighted by Crippen LogP contribution is 2.47. The third kappa shape index (κ3) is 5.48. The molecule has 0 radical (unpaired) electrons. The van der Waals surface area contributed by atoms with Gasteiger partial charge in [-0.2, -0.15) is 0 Å². The summed E-state index contributed by atoms with van der Waals surface area (Å²) in [5.74, 6) is 0.288. The van der Waals surface area contributed by atoms with E-state index < -0.39 is 17.2 Å². The maximum absolute atomic E-state index is 13.4. The molecule has 38 heavy (non-hydrogen) atoms. The molecule has 4 aromatic rings. The van der Waals surface area contributed by atoms with E-state index in [0.717, 1.165) is 34.0 Å². The van der Waals surface area contributed by atoms with Crippen LogP contribution < -0.4 is 14.8 Å². The molecule has 0 aliphatic heterocycles. The normalized spacial score (nSPS) is 14.0. The summed E-state index contributed by atoms with van der Waals surface area (Å²) >= 11 is 1.15. The summed E-state index contributed by atoms with van der Waals surface area (Å²) in [6.07, 6.45) is 2.64. The first-order valence-corrected chi connectivity index (χ1v) is 13.9. The lowest BCUT2D eigenvalue weighted by Crippen LogP contribution is -2.28. The number of nitrogens with two attached hydrogens (primary N) is 1. The number of anilines is 1. The van der Waals surface area contributed by atoms with Crippen LogP contribution in [0.25, 0.3) is 11.0 Å². The third-order valence-corrected chi connectivity index (χ3v) is 8.14. The molecule has 0 saturated heterocycles. The van der Waals surface area contributed by atoms with Gasteiger partial charge in [0, 0.05) is 24.4 Å². The minimum absolute atomic E-state index is 0.212. The van der Waals surface area contributed by atoms with Crippen molar-refractivity contribution >= 4 is 49.8 Å². The van der Waals surface area contributed by atoms with Crippen LogP contribution in [0, 0.1) is 5.82 Å². The zero-order valence-electron chi connectivity index (χ0n) is 20.6. The van der Waals surface area contributed by atoms with Crippen molar-refractivity contribution in [2.24, 2.45) is 5.73 Å². The van der Waals surface area contributed by atoms with Crippen LogP contribution in [0.3, 0.4) is 0 Å². The first-order chi connectivity index (χ1) is 18.2. The number of primary amides is 1. The van der Waals surface area contributed by atoms with Gasteiger partial charge in [-0.1, -0.05) is 18.2 Å². The van der Waals surface area contributed by atoms with Crippen molar-refractivity contribution < 1.29 is 27.1 Å². The van der Waals surface area contributed by atoms with Crippen LogP contribution in [0.2, 0.25) is 0 Å². The molecule has 1 heterocycles. The number of nitrogens with zero attached hydrogens (tertiary/aromatic N) is 1. The van der Waals surface area contributed by atoms with Crippen LogP contribution in [0.5, 0.6) is 5.75 Å². The molecule has 5 rings (SSSR count). The predicted octanol–water partition coefficient (Wildman–Crippen LogP) is 6.10. The molecule has 1 saturated carbocycles. The molecule has 1 aromatic heterocycles. The fraction of sp³-hybridized carbons (Fsp3) is 0.250. The van der Waals surface area contributed by atoms with Crippen molar-refractivity contribution in [3.05, 3.63) is 92.9 Å². The van der Waals surface area contributed by atoms with Crippen LogP contribution >= 0.6 is 15.9 Å². The number of carbonyl (C=O) groups excluding carboxylic acids is 1. The van der Waals surface area contributed by atoms with Crippen molar-refractivity contribution in [2.45, 2.75) is 31.6 Å². The fourth-order valence-electron chi connectivity index (χ4n) is 4.69. The minimum atomic E-state index is -2.30. The number of benzene rings is 3. The van der Waals surface area contributed by atoms with E-state index in [1.165, 1.54) is 16.4 Å². The number of furan rings is 1. The maximum Gasteiger partial charge on any atom is 0.261 e. The van der Waals surface area contributed by atoms with E-state index in [1.807, 2.05) is 24.3 Å². The standard InChI is InChI=1S/C28H26BrFN2O5S/c1-36-25-12-17(4-9-22(25)29)10-11-32(38(34)35)23-15-24-21(14-20(23)18-5-6-18)27(28(31)33)26(37-24)13-16-2-7-19(30)8-3-16/h2-4,7-9,12,14-15,18H,5-6,10-11,13H2,1H3,(H2,31,33)(H,34,35). The van der Waals surface area contributed by atoms with Crippen molar-refractivity contribution in [3.63, 3.8) is 0 Å². The predicted molar refractivity (Wildman–Crippen MR) is 148 cm³/mol. The fourth-order valence-corrected chi connectivity index (χ4v) is 5.67. The van der Waals surface area contributed by atoms with Crippen LogP contribution in [0.4, 0.5) is 10.1 Å². The monoisotopic (exact) mass is 600 g/mol. The molecule has 1 fully saturated rings. The molecule has 1 amide bonds. The van der Waals surface area contributed by atoms with Crippen LogP contribution in [-0.4, -0.2) is 28.3 Å². The Morgan fingerprint density at radius 1 is 1.18 bits per heavy atom. The van der Waals surface area contributed by atoms with Gasteiger partial charge < -0.3 is 14.9 Å². The van der Waals surface area contributed by atoms with E-state index in [0.29, 0.717) is 34.6 Å². The molecule has 0 bridgehead atoms. The van der Waals surface area contributed by atoms with E-state index in [9.17, 15) is 17.9 Å².